The van der Waals surface area contributed by atoms with E-state index < -0.39 is 130 Å². The fourth-order valence-electron chi connectivity index (χ4n) is 6.90. The molecular formula is C42H40O21. The zero-order valence-corrected chi connectivity index (χ0v) is 32.5. The summed E-state index contributed by atoms with van der Waals surface area (Å²) in [6.07, 6.45) is -16.2. The summed E-state index contributed by atoms with van der Waals surface area (Å²) in [6, 6.07) is 16.1. The van der Waals surface area contributed by atoms with Crippen molar-refractivity contribution in [1.29, 1.82) is 0 Å². The molecule has 13 N–H and O–H groups in total. The van der Waals surface area contributed by atoms with Crippen molar-refractivity contribution >= 4 is 21.9 Å². The van der Waals surface area contributed by atoms with Crippen LogP contribution in [-0.2, 0) is 14.2 Å². The number of hydrogen-bond donors (Lipinski definition) is 13. The Labute approximate surface area is 352 Å². The predicted molar refractivity (Wildman–Crippen MR) is 213 cm³/mol. The van der Waals surface area contributed by atoms with Crippen LogP contribution in [-0.4, -0.2) is 134 Å². The van der Waals surface area contributed by atoms with Gasteiger partial charge in [0.2, 0.25) is 28.6 Å². The molecule has 2 saturated heterocycles. The van der Waals surface area contributed by atoms with Crippen LogP contribution in [0.2, 0.25) is 0 Å². The molecule has 8 rings (SSSR count). The Kier molecular flexibility index (Phi) is 12.4. The van der Waals surface area contributed by atoms with E-state index in [-0.39, 0.29) is 33.6 Å². The number of fused-ring (bicyclic) bond motifs is 2. The number of phenols is 6. The summed E-state index contributed by atoms with van der Waals surface area (Å²) in [6.45, 7) is 0.818. The smallest absolute Gasteiger partial charge is 0.239 e. The van der Waals surface area contributed by atoms with Gasteiger partial charge >= 0.3 is 0 Å². The first-order valence-corrected chi connectivity index (χ1v) is 18.9. The summed E-state index contributed by atoms with van der Waals surface area (Å²) >= 11 is 0. The second-order valence-corrected chi connectivity index (χ2v) is 14.6. The first-order valence-electron chi connectivity index (χ1n) is 18.9. The lowest BCUT2D eigenvalue weighted by atomic mass is 9.98. The standard InChI is InChI=1S/C27H30O16.C15H10O5/c1-8-17(32)20(35)22(37)26(40-8)39-7-15-18(33)21(36)23(38)27(42-15)43-25-19(34)16-13(31)5-10(28)6-14(16)41-24(25)9-2-3-11(29)12(30)4-9;16-9-6-10(17)12-11(7-9)20-15(14(19)13(12)18)8-4-2-1-3-5-8/h2-6,8,15,17-18,20-23,26-33,35-38H,7H2,1H3;1-7,16-17,19H/t8-,15+,17-,18+,20+,21-,22+,23+,26+,27-;/m0./s1. The van der Waals surface area contributed by atoms with Gasteiger partial charge in [-0.15, -0.1) is 0 Å². The van der Waals surface area contributed by atoms with Crippen LogP contribution in [0, 0.1) is 0 Å². The molecule has 2 aliphatic heterocycles. The van der Waals surface area contributed by atoms with Gasteiger partial charge in [0.25, 0.3) is 0 Å². The highest BCUT2D eigenvalue weighted by Crippen LogP contribution is 2.40. The molecule has 21 heteroatoms. The van der Waals surface area contributed by atoms with Crippen LogP contribution in [0.15, 0.2) is 91.2 Å². The van der Waals surface area contributed by atoms with Gasteiger partial charge in [-0.25, -0.2) is 0 Å². The van der Waals surface area contributed by atoms with Crippen LogP contribution >= 0.6 is 0 Å². The number of hydrogen-bond acceptors (Lipinski definition) is 21. The molecule has 334 valence electrons. The monoisotopic (exact) mass is 880 g/mol. The lowest BCUT2D eigenvalue weighted by molar-refractivity contribution is -0.318. The van der Waals surface area contributed by atoms with E-state index >= 15 is 0 Å². The third-order valence-electron chi connectivity index (χ3n) is 10.3. The van der Waals surface area contributed by atoms with Crippen molar-refractivity contribution in [3.05, 3.63) is 93.2 Å². The van der Waals surface area contributed by atoms with Crippen molar-refractivity contribution in [3.63, 3.8) is 0 Å². The maximum Gasteiger partial charge on any atom is 0.239 e. The average Bonchev–Trinajstić information content (AvgIpc) is 3.24. The van der Waals surface area contributed by atoms with Gasteiger partial charge in [0, 0.05) is 35.4 Å². The molecule has 0 amide bonds. The minimum Gasteiger partial charge on any atom is -0.508 e. The average molecular weight is 881 g/mol. The Balaban J connectivity index is 0.000000247. The number of aliphatic hydroxyl groups excluding tert-OH is 6. The molecule has 21 nitrogen and oxygen atoms in total. The largest absolute Gasteiger partial charge is 0.508 e. The molecule has 0 saturated carbocycles. The summed E-state index contributed by atoms with van der Waals surface area (Å²) < 4.78 is 33.3. The fraction of sp³-hybridized carbons (Fsp3) is 0.286. The zero-order valence-electron chi connectivity index (χ0n) is 32.5. The number of benzene rings is 4. The van der Waals surface area contributed by atoms with E-state index in [2.05, 4.69) is 0 Å². The van der Waals surface area contributed by atoms with Crippen molar-refractivity contribution in [2.24, 2.45) is 0 Å². The SMILES string of the molecule is C[C@@H]1O[C@@H](OC[C@H]2O[C@@H](Oc3c(-c4ccc(O)c(O)c4)oc4cc(O)cc(O)c4c3=O)[C@H](O)[C@@H](O)[C@@H]2O)[C@H](O)[C@H](O)[C@H]1O.O=c1c(O)c(-c2ccccc2)oc2cc(O)cc(O)c12. The molecule has 2 aliphatic rings. The molecule has 0 bridgehead atoms. The fourth-order valence-corrected chi connectivity index (χ4v) is 6.90. The van der Waals surface area contributed by atoms with E-state index in [0.29, 0.717) is 5.56 Å². The molecule has 63 heavy (non-hydrogen) atoms. The number of rotatable bonds is 7. The molecule has 2 fully saturated rings. The minimum absolute atomic E-state index is 0.00385. The van der Waals surface area contributed by atoms with Gasteiger partial charge in [0.05, 0.1) is 12.7 Å². The molecule has 4 aromatic carbocycles. The summed E-state index contributed by atoms with van der Waals surface area (Å²) in [5.74, 6) is -4.59. The first kappa shape index (κ1) is 44.4. The third kappa shape index (κ3) is 8.60. The Hall–Kier alpha value is -6.66. The van der Waals surface area contributed by atoms with Crippen LogP contribution < -0.4 is 15.6 Å². The maximum atomic E-state index is 13.6. The molecule has 4 heterocycles. The topological polar surface area (TPSA) is 360 Å². The minimum atomic E-state index is -1.97. The van der Waals surface area contributed by atoms with Gasteiger partial charge in [0.15, 0.2) is 29.3 Å². The van der Waals surface area contributed by atoms with E-state index in [4.69, 9.17) is 27.8 Å². The van der Waals surface area contributed by atoms with Gasteiger partial charge in [-0.3, -0.25) is 9.59 Å². The zero-order chi connectivity index (χ0) is 45.6. The van der Waals surface area contributed by atoms with E-state index in [1.165, 1.54) is 19.1 Å². The Morgan fingerprint density at radius 3 is 1.73 bits per heavy atom. The molecule has 2 aromatic heterocycles. The molecule has 0 unspecified atom stereocenters. The van der Waals surface area contributed by atoms with E-state index in [1.807, 2.05) is 0 Å². The van der Waals surface area contributed by atoms with Crippen molar-refractivity contribution in [2.75, 3.05) is 6.61 Å². The second kappa shape index (κ2) is 17.6. The molecule has 0 radical (unpaired) electrons. The normalized spacial score (nSPS) is 26.0. The highest BCUT2D eigenvalue weighted by atomic mass is 16.7. The number of aromatic hydroxyl groups is 7. The van der Waals surface area contributed by atoms with Gasteiger partial charge in [-0.2, -0.15) is 0 Å². The van der Waals surface area contributed by atoms with E-state index in [9.17, 15) is 76.0 Å². The Bertz CT molecular complexity index is 2750. The van der Waals surface area contributed by atoms with E-state index in [0.717, 1.165) is 30.3 Å². The van der Waals surface area contributed by atoms with Gasteiger partial charge < -0.3 is 94.2 Å². The summed E-state index contributed by atoms with van der Waals surface area (Å²) in [7, 11) is 0. The second-order valence-electron chi connectivity index (χ2n) is 14.6. The summed E-state index contributed by atoms with van der Waals surface area (Å²) in [5.41, 5.74) is -1.57. The molecule has 6 aromatic rings. The maximum absolute atomic E-state index is 13.6. The summed E-state index contributed by atoms with van der Waals surface area (Å²) in [4.78, 5) is 25.7. The number of ether oxygens (including phenoxy) is 4. The van der Waals surface area contributed by atoms with Gasteiger partial charge in [-0.05, 0) is 25.1 Å². The predicted octanol–water partition coefficient (Wildman–Crippen LogP) is 0.890. The number of aliphatic hydroxyl groups is 6. The van der Waals surface area contributed by atoms with Crippen LogP contribution in [0.5, 0.6) is 46.0 Å². The quantitative estimate of drug-likeness (QED) is 0.0990. The van der Waals surface area contributed by atoms with Crippen LogP contribution in [0.4, 0.5) is 0 Å². The van der Waals surface area contributed by atoms with Crippen molar-refractivity contribution in [2.45, 2.75) is 68.3 Å². The highest BCUT2D eigenvalue weighted by molar-refractivity contribution is 5.89. The van der Waals surface area contributed by atoms with Crippen LogP contribution in [0.3, 0.4) is 0 Å². The van der Waals surface area contributed by atoms with Crippen LogP contribution in [0.25, 0.3) is 44.6 Å². The molecule has 0 aliphatic carbocycles. The summed E-state index contributed by atoms with van der Waals surface area (Å²) in [5, 5.41) is 130. The van der Waals surface area contributed by atoms with Crippen LogP contribution in [0.1, 0.15) is 6.92 Å². The highest BCUT2D eigenvalue weighted by Gasteiger charge is 2.48. The van der Waals surface area contributed by atoms with Crippen molar-refractivity contribution < 1.29 is 94.2 Å². The van der Waals surface area contributed by atoms with Gasteiger partial charge in [0.1, 0.15) is 87.7 Å². The molecule has 0 spiro atoms. The van der Waals surface area contributed by atoms with Crippen molar-refractivity contribution in [1.82, 2.24) is 0 Å². The third-order valence-corrected chi connectivity index (χ3v) is 10.3. The lowest BCUT2D eigenvalue weighted by Crippen LogP contribution is -2.61. The van der Waals surface area contributed by atoms with Crippen molar-refractivity contribution in [3.8, 4) is 68.6 Å². The van der Waals surface area contributed by atoms with Gasteiger partial charge in [-0.1, -0.05) is 30.3 Å². The Morgan fingerprint density at radius 1 is 0.540 bits per heavy atom. The van der Waals surface area contributed by atoms with E-state index in [1.54, 1.807) is 30.3 Å². The lowest BCUT2D eigenvalue weighted by Gasteiger charge is -2.42. The number of phenolic OH excluding ortho intramolecular Hbond substituents is 6. The molecule has 10 atom stereocenters. The Morgan fingerprint density at radius 2 is 1.11 bits per heavy atom. The first-order chi connectivity index (χ1) is 29.9. The molecular weight excluding hydrogens is 840 g/mol.